The molecule has 0 heterocycles. The fourth-order valence-electron chi connectivity index (χ4n) is 3.36. The predicted octanol–water partition coefficient (Wildman–Crippen LogP) is 1.43. The number of rotatable bonds is 3. The highest BCUT2D eigenvalue weighted by atomic mass is 16.5. The minimum Gasteiger partial charge on any atom is -0.381 e. The topological polar surface area (TPSA) is 64.3 Å². The summed E-state index contributed by atoms with van der Waals surface area (Å²) in [5.74, 6) is 0.619. The van der Waals surface area contributed by atoms with Gasteiger partial charge in [-0.2, -0.15) is 0 Å². The third kappa shape index (κ3) is 3.04. The quantitative estimate of drug-likeness (QED) is 0.801. The van der Waals surface area contributed by atoms with Gasteiger partial charge >= 0.3 is 0 Å². The Labute approximate surface area is 110 Å². The number of nitrogens with one attached hydrogen (secondary N) is 1. The van der Waals surface area contributed by atoms with Crippen LogP contribution in [-0.4, -0.2) is 31.2 Å². The number of ether oxygens (including phenoxy) is 1. The van der Waals surface area contributed by atoms with E-state index in [0.717, 1.165) is 38.5 Å². The maximum atomic E-state index is 12.3. The first-order chi connectivity index (χ1) is 8.61. The van der Waals surface area contributed by atoms with E-state index in [0.29, 0.717) is 18.1 Å². The zero-order valence-electron chi connectivity index (χ0n) is 11.5. The van der Waals surface area contributed by atoms with Crippen LogP contribution in [0.25, 0.3) is 0 Å². The van der Waals surface area contributed by atoms with E-state index >= 15 is 0 Å². The Morgan fingerprint density at radius 2 is 2.06 bits per heavy atom. The van der Waals surface area contributed by atoms with Crippen LogP contribution in [0.1, 0.15) is 45.4 Å². The van der Waals surface area contributed by atoms with Crippen molar-refractivity contribution in [1.82, 2.24) is 5.32 Å². The van der Waals surface area contributed by atoms with Gasteiger partial charge in [0.15, 0.2) is 0 Å². The van der Waals surface area contributed by atoms with E-state index < -0.39 is 0 Å². The monoisotopic (exact) mass is 254 g/mol. The number of hydrogen-bond acceptors (Lipinski definition) is 3. The molecule has 2 rings (SSSR count). The molecule has 2 fully saturated rings. The lowest BCUT2D eigenvalue weighted by Gasteiger charge is -2.33. The highest BCUT2D eigenvalue weighted by Crippen LogP contribution is 2.30. The van der Waals surface area contributed by atoms with E-state index in [9.17, 15) is 4.79 Å². The Bertz CT molecular complexity index is 296. The Morgan fingerprint density at radius 3 is 2.72 bits per heavy atom. The molecule has 5 atom stereocenters. The molecule has 0 bridgehead atoms. The van der Waals surface area contributed by atoms with Crippen molar-refractivity contribution < 1.29 is 9.53 Å². The molecule has 2 aliphatic carbocycles. The zero-order chi connectivity index (χ0) is 13.1. The molecule has 0 aliphatic heterocycles. The largest absolute Gasteiger partial charge is 0.381 e. The first-order valence-corrected chi connectivity index (χ1v) is 7.20. The van der Waals surface area contributed by atoms with Gasteiger partial charge in [0.2, 0.25) is 5.91 Å². The molecule has 0 aromatic carbocycles. The number of methoxy groups -OCH3 is 1. The molecule has 1 amide bonds. The van der Waals surface area contributed by atoms with Crippen molar-refractivity contribution in [3.63, 3.8) is 0 Å². The van der Waals surface area contributed by atoms with Gasteiger partial charge in [-0.25, -0.2) is 0 Å². The minimum absolute atomic E-state index is 0.107. The third-order valence-corrected chi connectivity index (χ3v) is 4.76. The van der Waals surface area contributed by atoms with Crippen LogP contribution in [0.15, 0.2) is 0 Å². The van der Waals surface area contributed by atoms with E-state index in [-0.39, 0.29) is 17.9 Å². The molecule has 4 heteroatoms. The predicted molar refractivity (Wildman–Crippen MR) is 71.1 cm³/mol. The minimum atomic E-state index is 0.107. The molecule has 0 aromatic rings. The lowest BCUT2D eigenvalue weighted by atomic mass is 9.77. The molecule has 2 aliphatic rings. The molecule has 4 nitrogen and oxygen atoms in total. The maximum Gasteiger partial charge on any atom is 0.223 e. The van der Waals surface area contributed by atoms with E-state index in [1.807, 2.05) is 0 Å². The summed E-state index contributed by atoms with van der Waals surface area (Å²) < 4.78 is 5.34. The van der Waals surface area contributed by atoms with Crippen LogP contribution in [0.4, 0.5) is 0 Å². The van der Waals surface area contributed by atoms with Crippen molar-refractivity contribution in [2.75, 3.05) is 7.11 Å². The summed E-state index contributed by atoms with van der Waals surface area (Å²) in [6, 6.07) is 0.484. The lowest BCUT2D eigenvalue weighted by molar-refractivity contribution is -0.128. The van der Waals surface area contributed by atoms with Crippen LogP contribution in [0.3, 0.4) is 0 Å². The average Bonchev–Trinajstić information content (AvgIpc) is 2.80. The fourth-order valence-corrected chi connectivity index (χ4v) is 3.36. The van der Waals surface area contributed by atoms with Gasteiger partial charge in [0, 0.05) is 25.1 Å². The maximum absolute atomic E-state index is 12.3. The van der Waals surface area contributed by atoms with Crippen molar-refractivity contribution in [3.05, 3.63) is 0 Å². The summed E-state index contributed by atoms with van der Waals surface area (Å²) in [5.41, 5.74) is 6.06. The number of carbonyl (C=O) groups is 1. The molecular formula is C14H26N2O2. The first-order valence-electron chi connectivity index (χ1n) is 7.20. The first kappa shape index (κ1) is 13.8. The standard InChI is InChI=1S/C14H26N2O2/c1-9-12(4-3-5-13(9)15)14(17)16-10-6-7-11(8-10)18-2/h9-13H,3-8,15H2,1-2H3,(H,16,17). The highest BCUT2D eigenvalue weighted by Gasteiger charge is 2.34. The number of hydrogen-bond donors (Lipinski definition) is 2. The summed E-state index contributed by atoms with van der Waals surface area (Å²) in [5, 5.41) is 3.19. The molecule has 2 saturated carbocycles. The smallest absolute Gasteiger partial charge is 0.223 e. The molecule has 18 heavy (non-hydrogen) atoms. The molecule has 0 saturated heterocycles. The summed E-state index contributed by atoms with van der Waals surface area (Å²) in [6.07, 6.45) is 6.49. The van der Waals surface area contributed by atoms with Gasteiger partial charge in [0.1, 0.15) is 0 Å². The second-order valence-electron chi connectivity index (χ2n) is 5.94. The van der Waals surface area contributed by atoms with E-state index in [4.69, 9.17) is 10.5 Å². The Kier molecular flexibility index (Phi) is 4.62. The SMILES string of the molecule is COC1CCC(NC(=O)C2CCCC(N)C2C)C1. The summed E-state index contributed by atoms with van der Waals surface area (Å²) >= 11 is 0. The van der Waals surface area contributed by atoms with Crippen molar-refractivity contribution in [1.29, 1.82) is 0 Å². The summed E-state index contributed by atoms with van der Waals surface area (Å²) in [7, 11) is 1.75. The number of amides is 1. The summed E-state index contributed by atoms with van der Waals surface area (Å²) in [4.78, 5) is 12.3. The van der Waals surface area contributed by atoms with E-state index in [1.54, 1.807) is 7.11 Å². The summed E-state index contributed by atoms with van der Waals surface area (Å²) in [6.45, 7) is 2.11. The third-order valence-electron chi connectivity index (χ3n) is 4.76. The van der Waals surface area contributed by atoms with Crippen molar-refractivity contribution in [2.45, 2.75) is 63.6 Å². The van der Waals surface area contributed by atoms with Crippen LogP contribution >= 0.6 is 0 Å². The van der Waals surface area contributed by atoms with Gasteiger partial charge in [-0.1, -0.05) is 13.3 Å². The number of nitrogens with two attached hydrogens (primary N) is 1. The van der Waals surface area contributed by atoms with Gasteiger partial charge < -0.3 is 15.8 Å². The van der Waals surface area contributed by atoms with Crippen LogP contribution in [0.2, 0.25) is 0 Å². The molecule has 3 N–H and O–H groups in total. The van der Waals surface area contributed by atoms with Crippen LogP contribution < -0.4 is 11.1 Å². The zero-order valence-corrected chi connectivity index (χ0v) is 11.5. The van der Waals surface area contributed by atoms with Crippen molar-refractivity contribution in [3.8, 4) is 0 Å². The van der Waals surface area contributed by atoms with Crippen LogP contribution in [0.5, 0.6) is 0 Å². The normalized spacial score (nSPS) is 40.7. The van der Waals surface area contributed by atoms with Crippen molar-refractivity contribution >= 4 is 5.91 Å². The van der Waals surface area contributed by atoms with Gasteiger partial charge in [0.05, 0.1) is 6.10 Å². The highest BCUT2D eigenvalue weighted by molar-refractivity contribution is 5.79. The molecular weight excluding hydrogens is 228 g/mol. The van der Waals surface area contributed by atoms with Crippen molar-refractivity contribution in [2.24, 2.45) is 17.6 Å². The van der Waals surface area contributed by atoms with Crippen LogP contribution in [0, 0.1) is 11.8 Å². The second-order valence-corrected chi connectivity index (χ2v) is 5.94. The fraction of sp³-hybridized carbons (Fsp3) is 0.929. The van der Waals surface area contributed by atoms with E-state index in [2.05, 4.69) is 12.2 Å². The van der Waals surface area contributed by atoms with Gasteiger partial charge in [-0.05, 0) is 38.0 Å². The van der Waals surface area contributed by atoms with Gasteiger partial charge in [-0.15, -0.1) is 0 Å². The van der Waals surface area contributed by atoms with Gasteiger partial charge in [-0.3, -0.25) is 4.79 Å². The average molecular weight is 254 g/mol. The van der Waals surface area contributed by atoms with Gasteiger partial charge in [0.25, 0.3) is 0 Å². The lowest BCUT2D eigenvalue weighted by Crippen LogP contribution is -2.46. The Balaban J connectivity index is 1.84. The number of carbonyl (C=O) groups excluding carboxylic acids is 1. The Morgan fingerprint density at radius 1 is 1.28 bits per heavy atom. The van der Waals surface area contributed by atoms with Crippen LogP contribution in [-0.2, 0) is 9.53 Å². The molecule has 0 aromatic heterocycles. The molecule has 0 spiro atoms. The molecule has 104 valence electrons. The Hall–Kier alpha value is -0.610. The molecule has 0 radical (unpaired) electrons. The molecule has 5 unspecified atom stereocenters. The van der Waals surface area contributed by atoms with E-state index in [1.165, 1.54) is 0 Å². The second kappa shape index (κ2) is 6.02.